The van der Waals surface area contributed by atoms with Crippen molar-refractivity contribution < 1.29 is 4.79 Å². The Labute approximate surface area is 81.7 Å². The van der Waals surface area contributed by atoms with Crippen LogP contribution in [-0.2, 0) is 0 Å². The van der Waals surface area contributed by atoms with Gasteiger partial charge in [0.15, 0.2) is 0 Å². The second kappa shape index (κ2) is 3.73. The van der Waals surface area contributed by atoms with Crippen molar-refractivity contribution in [2.45, 2.75) is 32.2 Å². The first-order valence-electron chi connectivity index (χ1n) is 4.87. The number of rotatable bonds is 2. The lowest BCUT2D eigenvalue weighted by atomic mass is 10.2. The molecule has 1 N–H and O–H groups in total. The molecule has 2 rings (SSSR count). The molecule has 76 valence electrons. The van der Waals surface area contributed by atoms with Crippen LogP contribution < -0.4 is 0 Å². The van der Waals surface area contributed by atoms with Gasteiger partial charge in [-0.05, 0) is 24.5 Å². The number of carbonyl (C=O) groups is 1. The molecule has 1 amide bonds. The topological polar surface area (TPSA) is 74.8 Å². The van der Waals surface area contributed by atoms with Gasteiger partial charge in [0.25, 0.3) is 11.7 Å². The minimum absolute atomic E-state index is 0.108. The molecule has 6 nitrogen and oxygen atoms in total. The number of hydrogen-bond donors (Lipinski definition) is 1. The predicted molar refractivity (Wildman–Crippen MR) is 48.5 cm³/mol. The van der Waals surface area contributed by atoms with Crippen molar-refractivity contribution in [2.75, 3.05) is 6.54 Å². The molecule has 0 radical (unpaired) electrons. The number of tetrazole rings is 1. The molecule has 6 heteroatoms. The van der Waals surface area contributed by atoms with Crippen molar-refractivity contribution >= 4 is 5.91 Å². The van der Waals surface area contributed by atoms with E-state index in [1.165, 1.54) is 0 Å². The maximum absolute atomic E-state index is 11.8. The molecular formula is C8H13N5O. The fourth-order valence-electron chi connectivity index (χ4n) is 1.91. The summed E-state index contributed by atoms with van der Waals surface area (Å²) in [4.78, 5) is 13.7. The van der Waals surface area contributed by atoms with E-state index in [1.807, 2.05) is 4.90 Å². The van der Waals surface area contributed by atoms with E-state index in [-0.39, 0.29) is 11.7 Å². The van der Waals surface area contributed by atoms with Crippen LogP contribution in [0.2, 0.25) is 0 Å². The van der Waals surface area contributed by atoms with E-state index in [2.05, 4.69) is 27.5 Å². The van der Waals surface area contributed by atoms with Crippen LogP contribution in [0.5, 0.6) is 0 Å². The van der Waals surface area contributed by atoms with Gasteiger partial charge in [0, 0.05) is 12.6 Å². The van der Waals surface area contributed by atoms with Crippen LogP contribution in [0, 0.1) is 0 Å². The lowest BCUT2D eigenvalue weighted by molar-refractivity contribution is 0.0721. The van der Waals surface area contributed by atoms with Gasteiger partial charge in [-0.1, -0.05) is 6.92 Å². The monoisotopic (exact) mass is 195 g/mol. The molecular weight excluding hydrogens is 182 g/mol. The normalized spacial score (nSPS) is 21.5. The Morgan fingerprint density at radius 1 is 1.71 bits per heavy atom. The molecule has 1 fully saturated rings. The summed E-state index contributed by atoms with van der Waals surface area (Å²) >= 11 is 0. The summed E-state index contributed by atoms with van der Waals surface area (Å²) in [6.45, 7) is 2.90. The molecule has 1 atom stereocenters. The highest BCUT2D eigenvalue weighted by molar-refractivity contribution is 5.90. The molecule has 1 unspecified atom stereocenters. The number of aromatic amines is 1. The summed E-state index contributed by atoms with van der Waals surface area (Å²) in [6.07, 6.45) is 3.14. The van der Waals surface area contributed by atoms with Gasteiger partial charge in [-0.3, -0.25) is 4.79 Å². The average molecular weight is 195 g/mol. The Bertz CT molecular complexity index is 310. The number of hydrogen-bond acceptors (Lipinski definition) is 4. The highest BCUT2D eigenvalue weighted by Gasteiger charge is 2.29. The third-order valence-corrected chi connectivity index (χ3v) is 2.65. The van der Waals surface area contributed by atoms with Gasteiger partial charge in [0.05, 0.1) is 0 Å². The molecule has 0 spiro atoms. The lowest BCUT2D eigenvalue weighted by Crippen LogP contribution is -2.35. The summed E-state index contributed by atoms with van der Waals surface area (Å²) in [5.41, 5.74) is 0. The zero-order chi connectivity index (χ0) is 9.97. The molecule has 0 saturated carbocycles. The van der Waals surface area contributed by atoms with Crippen LogP contribution in [0.3, 0.4) is 0 Å². The SMILES string of the molecule is CCC1CCCN1C(=O)c1nn[nH]n1. The summed E-state index contributed by atoms with van der Waals surface area (Å²) in [5.74, 6) is 0.0634. The van der Waals surface area contributed by atoms with Gasteiger partial charge in [0.2, 0.25) is 0 Å². The lowest BCUT2D eigenvalue weighted by Gasteiger charge is -2.21. The van der Waals surface area contributed by atoms with E-state index in [9.17, 15) is 4.79 Å². The third kappa shape index (κ3) is 1.47. The maximum atomic E-state index is 11.8. The molecule has 14 heavy (non-hydrogen) atoms. The van der Waals surface area contributed by atoms with Gasteiger partial charge < -0.3 is 4.90 Å². The Morgan fingerprint density at radius 2 is 2.57 bits per heavy atom. The predicted octanol–water partition coefficient (Wildman–Crippen LogP) is 0.214. The third-order valence-electron chi connectivity index (χ3n) is 2.65. The first kappa shape index (κ1) is 9.11. The first-order valence-corrected chi connectivity index (χ1v) is 4.87. The molecule has 0 aromatic carbocycles. The summed E-state index contributed by atoms with van der Waals surface area (Å²) < 4.78 is 0. The quantitative estimate of drug-likeness (QED) is 0.732. The zero-order valence-corrected chi connectivity index (χ0v) is 8.10. The number of likely N-dealkylation sites (tertiary alicyclic amines) is 1. The molecule has 1 aliphatic rings. The van der Waals surface area contributed by atoms with Crippen molar-refractivity contribution in [3.05, 3.63) is 5.82 Å². The average Bonchev–Trinajstić information content (AvgIpc) is 2.87. The molecule has 2 heterocycles. The first-order chi connectivity index (χ1) is 6.83. The van der Waals surface area contributed by atoms with E-state index in [1.54, 1.807) is 0 Å². The Kier molecular flexibility index (Phi) is 2.43. The summed E-state index contributed by atoms with van der Waals surface area (Å²) in [5, 5.41) is 13.1. The van der Waals surface area contributed by atoms with Crippen LogP contribution >= 0.6 is 0 Å². The Hall–Kier alpha value is -1.46. The second-order valence-corrected chi connectivity index (χ2v) is 3.44. The Balaban J connectivity index is 2.11. The van der Waals surface area contributed by atoms with Gasteiger partial charge >= 0.3 is 0 Å². The molecule has 1 saturated heterocycles. The van der Waals surface area contributed by atoms with Gasteiger partial charge in [-0.2, -0.15) is 5.21 Å². The van der Waals surface area contributed by atoms with E-state index in [0.29, 0.717) is 6.04 Å². The molecule has 1 aromatic heterocycles. The summed E-state index contributed by atoms with van der Waals surface area (Å²) in [6, 6.07) is 0.348. The van der Waals surface area contributed by atoms with Crippen LogP contribution in [0.4, 0.5) is 0 Å². The zero-order valence-electron chi connectivity index (χ0n) is 8.10. The van der Waals surface area contributed by atoms with Gasteiger partial charge in [-0.15, -0.1) is 10.2 Å². The van der Waals surface area contributed by atoms with Gasteiger partial charge in [-0.25, -0.2) is 0 Å². The second-order valence-electron chi connectivity index (χ2n) is 3.44. The van der Waals surface area contributed by atoms with Crippen molar-refractivity contribution in [3.8, 4) is 0 Å². The number of H-pyrrole nitrogens is 1. The standard InChI is InChI=1S/C8H13N5O/c1-2-6-4-3-5-13(6)8(14)7-9-11-12-10-7/h6H,2-5H2,1H3,(H,9,10,11,12). The number of aromatic nitrogens is 4. The van der Waals surface area contributed by atoms with E-state index < -0.39 is 0 Å². The van der Waals surface area contributed by atoms with Crippen molar-refractivity contribution in [1.29, 1.82) is 0 Å². The summed E-state index contributed by atoms with van der Waals surface area (Å²) in [7, 11) is 0. The van der Waals surface area contributed by atoms with Crippen LogP contribution in [0.15, 0.2) is 0 Å². The number of nitrogens with one attached hydrogen (secondary N) is 1. The minimum Gasteiger partial charge on any atom is -0.333 e. The minimum atomic E-state index is -0.108. The number of carbonyl (C=O) groups excluding carboxylic acids is 1. The van der Waals surface area contributed by atoms with Crippen molar-refractivity contribution in [1.82, 2.24) is 25.5 Å². The molecule has 1 aliphatic heterocycles. The van der Waals surface area contributed by atoms with Crippen molar-refractivity contribution in [2.24, 2.45) is 0 Å². The van der Waals surface area contributed by atoms with E-state index >= 15 is 0 Å². The van der Waals surface area contributed by atoms with Gasteiger partial charge in [0.1, 0.15) is 0 Å². The molecule has 1 aromatic rings. The highest BCUT2D eigenvalue weighted by atomic mass is 16.2. The maximum Gasteiger partial charge on any atom is 0.295 e. The fraction of sp³-hybridized carbons (Fsp3) is 0.750. The van der Waals surface area contributed by atoms with E-state index in [4.69, 9.17) is 0 Å². The molecule has 0 aliphatic carbocycles. The fourth-order valence-corrected chi connectivity index (χ4v) is 1.91. The van der Waals surface area contributed by atoms with Crippen LogP contribution in [0.25, 0.3) is 0 Å². The van der Waals surface area contributed by atoms with Crippen LogP contribution in [-0.4, -0.2) is 44.0 Å². The number of nitrogens with zero attached hydrogens (tertiary/aromatic N) is 4. The smallest absolute Gasteiger partial charge is 0.295 e. The number of amides is 1. The largest absolute Gasteiger partial charge is 0.333 e. The highest BCUT2D eigenvalue weighted by Crippen LogP contribution is 2.20. The Morgan fingerprint density at radius 3 is 3.21 bits per heavy atom. The van der Waals surface area contributed by atoms with Crippen molar-refractivity contribution in [3.63, 3.8) is 0 Å². The van der Waals surface area contributed by atoms with E-state index in [0.717, 1.165) is 25.8 Å². The van der Waals surface area contributed by atoms with Crippen LogP contribution in [0.1, 0.15) is 36.8 Å². The molecule has 0 bridgehead atoms.